The van der Waals surface area contributed by atoms with Crippen molar-refractivity contribution in [2.24, 2.45) is 0 Å². The number of hydrogen-bond acceptors (Lipinski definition) is 3. The van der Waals surface area contributed by atoms with Crippen molar-refractivity contribution in [3.05, 3.63) is 29.8 Å². The van der Waals surface area contributed by atoms with E-state index in [0.29, 0.717) is 13.0 Å². The summed E-state index contributed by atoms with van der Waals surface area (Å²) in [6, 6.07) is 7.72. The minimum absolute atomic E-state index is 0.354. The molecule has 0 saturated heterocycles. The van der Waals surface area contributed by atoms with Crippen molar-refractivity contribution in [1.29, 1.82) is 0 Å². The lowest BCUT2D eigenvalue weighted by Crippen LogP contribution is -2.20. The molecule has 0 amide bonds. The molecular formula is C17H25ClO3. The maximum absolute atomic E-state index is 11.5. The van der Waals surface area contributed by atoms with Gasteiger partial charge in [0.2, 0.25) is 0 Å². The largest absolute Gasteiger partial charge is 0.494 e. The van der Waals surface area contributed by atoms with Crippen LogP contribution in [0.3, 0.4) is 0 Å². The first-order valence-corrected chi connectivity index (χ1v) is 8.13. The summed E-state index contributed by atoms with van der Waals surface area (Å²) in [6.45, 7) is 5.07. The van der Waals surface area contributed by atoms with Crippen LogP contribution >= 0.6 is 11.6 Å². The summed E-state index contributed by atoms with van der Waals surface area (Å²) in [5, 5.41) is -0.634. The van der Waals surface area contributed by atoms with E-state index < -0.39 is 5.38 Å². The Morgan fingerprint density at radius 3 is 2.48 bits per heavy atom. The van der Waals surface area contributed by atoms with Gasteiger partial charge in [-0.1, -0.05) is 38.3 Å². The Morgan fingerprint density at radius 2 is 1.86 bits per heavy atom. The molecule has 4 heteroatoms. The molecule has 0 aliphatic carbocycles. The van der Waals surface area contributed by atoms with Gasteiger partial charge in [0.25, 0.3) is 0 Å². The first-order valence-electron chi connectivity index (χ1n) is 7.69. The number of unbranched alkanes of at least 4 members (excludes halogenated alkanes) is 3. The van der Waals surface area contributed by atoms with Gasteiger partial charge in [0, 0.05) is 0 Å². The highest BCUT2D eigenvalue weighted by Gasteiger charge is 2.16. The van der Waals surface area contributed by atoms with Gasteiger partial charge in [0.15, 0.2) is 0 Å². The molecule has 0 N–H and O–H groups in total. The van der Waals surface area contributed by atoms with Crippen molar-refractivity contribution < 1.29 is 14.3 Å². The average molecular weight is 313 g/mol. The maximum atomic E-state index is 11.5. The summed E-state index contributed by atoms with van der Waals surface area (Å²) in [5.74, 6) is 0.493. The molecule has 21 heavy (non-hydrogen) atoms. The van der Waals surface area contributed by atoms with E-state index >= 15 is 0 Å². The smallest absolute Gasteiger partial charge is 0.324 e. The van der Waals surface area contributed by atoms with Crippen LogP contribution in [0, 0.1) is 0 Å². The van der Waals surface area contributed by atoms with Crippen LogP contribution in [-0.4, -0.2) is 24.6 Å². The minimum atomic E-state index is -0.634. The molecular weight excluding hydrogens is 288 g/mol. The molecule has 0 saturated carbocycles. The topological polar surface area (TPSA) is 35.5 Å². The first-order chi connectivity index (χ1) is 10.2. The predicted molar refractivity (Wildman–Crippen MR) is 86.1 cm³/mol. The van der Waals surface area contributed by atoms with E-state index in [-0.39, 0.29) is 5.97 Å². The normalized spacial score (nSPS) is 12.0. The summed E-state index contributed by atoms with van der Waals surface area (Å²) in [6.07, 6.45) is 5.25. The van der Waals surface area contributed by atoms with Crippen molar-refractivity contribution in [2.45, 2.75) is 51.3 Å². The number of benzene rings is 1. The monoisotopic (exact) mass is 312 g/mol. The lowest BCUT2D eigenvalue weighted by Gasteiger charge is -2.10. The first kappa shape index (κ1) is 17.8. The Balaban J connectivity index is 2.34. The van der Waals surface area contributed by atoms with Crippen molar-refractivity contribution in [2.75, 3.05) is 13.2 Å². The number of carbonyl (C=O) groups excluding carboxylic acids is 1. The molecule has 1 aromatic carbocycles. The van der Waals surface area contributed by atoms with E-state index in [1.165, 1.54) is 19.3 Å². The van der Waals surface area contributed by atoms with E-state index in [1.54, 1.807) is 6.92 Å². The molecule has 1 rings (SSSR count). The molecule has 0 fully saturated rings. The molecule has 0 aliphatic heterocycles. The molecule has 0 heterocycles. The van der Waals surface area contributed by atoms with Crippen LogP contribution in [0.15, 0.2) is 24.3 Å². The second-order valence-corrected chi connectivity index (χ2v) is 5.50. The standard InChI is InChI=1S/C17H25ClO3/c1-3-5-6-7-12-21-15-10-8-14(9-11-15)13-16(18)17(19)20-4-2/h8-11,16H,3-7,12-13H2,1-2H3. The second-order valence-electron chi connectivity index (χ2n) is 4.98. The van der Waals surface area contributed by atoms with E-state index in [0.717, 1.165) is 24.3 Å². The fraction of sp³-hybridized carbons (Fsp3) is 0.588. The third kappa shape index (κ3) is 7.37. The molecule has 0 aliphatic rings. The fourth-order valence-corrected chi connectivity index (χ4v) is 2.20. The van der Waals surface area contributed by atoms with E-state index in [9.17, 15) is 4.79 Å². The maximum Gasteiger partial charge on any atom is 0.324 e. The van der Waals surface area contributed by atoms with Crippen LogP contribution in [0.2, 0.25) is 0 Å². The van der Waals surface area contributed by atoms with Crippen LogP contribution in [-0.2, 0) is 16.0 Å². The molecule has 0 bridgehead atoms. The van der Waals surface area contributed by atoms with Gasteiger partial charge in [-0.15, -0.1) is 11.6 Å². The molecule has 118 valence electrons. The van der Waals surface area contributed by atoms with Crippen molar-refractivity contribution in [3.63, 3.8) is 0 Å². The summed E-state index contributed by atoms with van der Waals surface area (Å²) in [7, 11) is 0. The predicted octanol–water partition coefficient (Wildman–Crippen LogP) is 4.36. The molecule has 1 atom stereocenters. The van der Waals surface area contributed by atoms with Gasteiger partial charge in [-0.3, -0.25) is 4.79 Å². The Hall–Kier alpha value is -1.22. The van der Waals surface area contributed by atoms with Crippen LogP contribution in [0.5, 0.6) is 5.75 Å². The Bertz CT molecular complexity index is 403. The van der Waals surface area contributed by atoms with Gasteiger partial charge in [-0.25, -0.2) is 0 Å². The molecule has 0 aromatic heterocycles. The van der Waals surface area contributed by atoms with E-state index in [2.05, 4.69) is 6.92 Å². The van der Waals surface area contributed by atoms with Crippen molar-refractivity contribution >= 4 is 17.6 Å². The fourth-order valence-electron chi connectivity index (χ4n) is 1.96. The van der Waals surface area contributed by atoms with Gasteiger partial charge in [0.1, 0.15) is 11.1 Å². The average Bonchev–Trinajstić information content (AvgIpc) is 2.49. The van der Waals surface area contributed by atoms with Gasteiger partial charge in [-0.05, 0) is 37.5 Å². The Labute approximate surface area is 132 Å². The number of halogens is 1. The second kappa shape index (κ2) is 10.5. The lowest BCUT2D eigenvalue weighted by molar-refractivity contribution is -0.142. The van der Waals surface area contributed by atoms with Gasteiger partial charge in [-0.2, -0.15) is 0 Å². The quantitative estimate of drug-likeness (QED) is 0.366. The number of rotatable bonds is 10. The summed E-state index contributed by atoms with van der Waals surface area (Å²) < 4.78 is 10.6. The van der Waals surface area contributed by atoms with Crippen LogP contribution in [0.4, 0.5) is 0 Å². The van der Waals surface area contributed by atoms with Gasteiger partial charge < -0.3 is 9.47 Å². The highest BCUT2D eigenvalue weighted by Crippen LogP contribution is 2.16. The Morgan fingerprint density at radius 1 is 1.14 bits per heavy atom. The number of ether oxygens (including phenoxy) is 2. The SMILES string of the molecule is CCCCCCOc1ccc(CC(Cl)C(=O)OCC)cc1. The zero-order valence-electron chi connectivity index (χ0n) is 12.9. The van der Waals surface area contributed by atoms with Crippen molar-refractivity contribution in [3.8, 4) is 5.75 Å². The Kier molecular flexibility index (Phi) is 8.91. The number of hydrogen-bond donors (Lipinski definition) is 0. The zero-order chi connectivity index (χ0) is 15.5. The highest BCUT2D eigenvalue weighted by molar-refractivity contribution is 6.30. The van der Waals surface area contributed by atoms with Crippen LogP contribution < -0.4 is 4.74 Å². The lowest BCUT2D eigenvalue weighted by atomic mass is 10.1. The van der Waals surface area contributed by atoms with Crippen LogP contribution in [0.25, 0.3) is 0 Å². The van der Waals surface area contributed by atoms with E-state index in [1.807, 2.05) is 24.3 Å². The summed E-state index contributed by atoms with van der Waals surface area (Å²) >= 11 is 6.01. The molecule has 1 unspecified atom stereocenters. The molecule has 3 nitrogen and oxygen atoms in total. The summed E-state index contributed by atoms with van der Waals surface area (Å²) in [5.41, 5.74) is 1.00. The number of esters is 1. The molecule has 0 radical (unpaired) electrons. The third-order valence-corrected chi connectivity index (χ3v) is 3.48. The van der Waals surface area contributed by atoms with Crippen molar-refractivity contribution in [1.82, 2.24) is 0 Å². The van der Waals surface area contributed by atoms with E-state index in [4.69, 9.17) is 21.1 Å². The molecule has 1 aromatic rings. The highest BCUT2D eigenvalue weighted by atomic mass is 35.5. The number of alkyl halides is 1. The zero-order valence-corrected chi connectivity index (χ0v) is 13.7. The summed E-state index contributed by atoms with van der Waals surface area (Å²) in [4.78, 5) is 11.5. The van der Waals surface area contributed by atoms with Gasteiger partial charge in [0.05, 0.1) is 13.2 Å². The third-order valence-electron chi connectivity index (χ3n) is 3.15. The van der Waals surface area contributed by atoms with Gasteiger partial charge >= 0.3 is 5.97 Å². The molecule has 0 spiro atoms. The van der Waals surface area contributed by atoms with Crippen LogP contribution in [0.1, 0.15) is 45.1 Å². The minimum Gasteiger partial charge on any atom is -0.494 e. The number of carbonyl (C=O) groups is 1.